The summed E-state index contributed by atoms with van der Waals surface area (Å²) in [6, 6.07) is 9.53. The summed E-state index contributed by atoms with van der Waals surface area (Å²) in [7, 11) is 3.36. The molecule has 0 aromatic heterocycles. The fourth-order valence-electron chi connectivity index (χ4n) is 0.961. The van der Waals surface area contributed by atoms with Crippen molar-refractivity contribution in [3.05, 3.63) is 54.5 Å². The molecule has 0 N–H and O–H groups in total. The molecule has 0 aliphatic rings. The van der Waals surface area contributed by atoms with Gasteiger partial charge in [-0.2, -0.15) is 0 Å². The molecule has 0 aliphatic carbocycles. The molecule has 1 aromatic rings. The molecule has 0 saturated heterocycles. The van der Waals surface area contributed by atoms with E-state index in [9.17, 15) is 4.55 Å². The fraction of sp³-hybridized carbons (Fsp3) is 0.167. The molecule has 0 radical (unpaired) electrons. The lowest BCUT2D eigenvalue weighted by molar-refractivity contribution is 0.598. The standard InChI is InChI=1S/C12H14OS3/c1-2-9-14-15-10-6-11-16(13)12-7-4-3-5-8-12/h2-8,10H,1,9,11H2. The zero-order chi connectivity index (χ0) is 11.6. The first-order valence-electron chi connectivity index (χ1n) is 4.82. The van der Waals surface area contributed by atoms with Gasteiger partial charge in [0.2, 0.25) is 0 Å². The Morgan fingerprint density at radius 2 is 2.06 bits per heavy atom. The topological polar surface area (TPSA) is 23.1 Å². The third-order valence-corrected chi connectivity index (χ3v) is 4.91. The van der Waals surface area contributed by atoms with Crippen LogP contribution in [0.4, 0.5) is 0 Å². The summed E-state index contributed by atoms with van der Waals surface area (Å²) < 4.78 is 11.8. The van der Waals surface area contributed by atoms with Crippen molar-refractivity contribution < 1.29 is 4.55 Å². The van der Waals surface area contributed by atoms with Crippen LogP contribution in [0.15, 0.2) is 59.4 Å². The molecule has 0 aliphatic heterocycles. The molecule has 1 aromatic carbocycles. The van der Waals surface area contributed by atoms with Crippen molar-refractivity contribution in [1.82, 2.24) is 0 Å². The first-order valence-corrected chi connectivity index (χ1v) is 8.52. The highest BCUT2D eigenvalue weighted by Gasteiger charge is 2.06. The summed E-state index contributed by atoms with van der Waals surface area (Å²) in [5.74, 6) is 1.50. The molecule has 1 nitrogen and oxygen atoms in total. The van der Waals surface area contributed by atoms with Gasteiger partial charge in [0.05, 0.1) is 0 Å². The molecular formula is C12H14OS3. The summed E-state index contributed by atoms with van der Waals surface area (Å²) in [5.41, 5.74) is 0. The van der Waals surface area contributed by atoms with Crippen molar-refractivity contribution in [3.63, 3.8) is 0 Å². The van der Waals surface area contributed by atoms with Gasteiger partial charge in [0.25, 0.3) is 0 Å². The van der Waals surface area contributed by atoms with Crippen LogP contribution in [0.2, 0.25) is 0 Å². The zero-order valence-electron chi connectivity index (χ0n) is 8.87. The van der Waals surface area contributed by atoms with Gasteiger partial charge in [0, 0.05) is 5.75 Å². The van der Waals surface area contributed by atoms with E-state index in [0.29, 0.717) is 5.75 Å². The van der Waals surface area contributed by atoms with Crippen LogP contribution in [0.5, 0.6) is 0 Å². The minimum absolute atomic E-state index is 0.575. The number of benzene rings is 1. The molecule has 0 amide bonds. The maximum absolute atomic E-state index is 11.8. The second-order valence-electron chi connectivity index (χ2n) is 2.87. The van der Waals surface area contributed by atoms with Gasteiger partial charge in [-0.15, -0.1) is 6.58 Å². The van der Waals surface area contributed by atoms with Crippen LogP contribution in [0.1, 0.15) is 0 Å². The van der Waals surface area contributed by atoms with Gasteiger partial charge in [0.15, 0.2) is 4.90 Å². The Labute approximate surface area is 108 Å². The zero-order valence-corrected chi connectivity index (χ0v) is 11.3. The normalized spacial score (nSPS) is 12.8. The van der Waals surface area contributed by atoms with E-state index in [1.165, 1.54) is 0 Å². The Balaban J connectivity index is 2.25. The van der Waals surface area contributed by atoms with E-state index in [-0.39, 0.29) is 0 Å². The van der Waals surface area contributed by atoms with Crippen molar-refractivity contribution in [3.8, 4) is 0 Å². The lowest BCUT2D eigenvalue weighted by Gasteiger charge is -2.06. The molecule has 1 unspecified atom stereocenters. The second kappa shape index (κ2) is 8.82. The Morgan fingerprint density at radius 3 is 2.75 bits per heavy atom. The van der Waals surface area contributed by atoms with E-state index >= 15 is 0 Å². The van der Waals surface area contributed by atoms with Gasteiger partial charge >= 0.3 is 0 Å². The van der Waals surface area contributed by atoms with Gasteiger partial charge in [-0.1, -0.05) is 45.9 Å². The van der Waals surface area contributed by atoms with Crippen LogP contribution in [0.3, 0.4) is 0 Å². The summed E-state index contributed by atoms with van der Waals surface area (Å²) in [6.45, 7) is 3.64. The minimum atomic E-state index is -0.920. The van der Waals surface area contributed by atoms with Gasteiger partial charge in [0.1, 0.15) is 5.75 Å². The largest absolute Gasteiger partial charge is 0.611 e. The molecular weight excluding hydrogens is 256 g/mol. The van der Waals surface area contributed by atoms with Crippen LogP contribution in [0.25, 0.3) is 0 Å². The summed E-state index contributed by atoms with van der Waals surface area (Å²) in [4.78, 5) is 0.885. The predicted molar refractivity (Wildman–Crippen MR) is 77.1 cm³/mol. The van der Waals surface area contributed by atoms with Crippen molar-refractivity contribution >= 4 is 32.8 Å². The molecule has 0 fully saturated rings. The van der Waals surface area contributed by atoms with Crippen molar-refractivity contribution in [2.75, 3.05) is 11.5 Å². The third-order valence-electron chi connectivity index (χ3n) is 1.66. The maximum Gasteiger partial charge on any atom is 0.152 e. The predicted octanol–water partition coefficient (Wildman–Crippen LogP) is 3.88. The molecule has 0 bridgehead atoms. The highest BCUT2D eigenvalue weighted by Crippen LogP contribution is 2.22. The van der Waals surface area contributed by atoms with E-state index in [2.05, 4.69) is 6.58 Å². The fourth-order valence-corrected chi connectivity index (χ4v) is 3.43. The van der Waals surface area contributed by atoms with Crippen LogP contribution >= 0.6 is 21.6 Å². The number of hydrogen-bond donors (Lipinski definition) is 0. The van der Waals surface area contributed by atoms with E-state index in [1.54, 1.807) is 21.6 Å². The van der Waals surface area contributed by atoms with E-state index in [0.717, 1.165) is 10.6 Å². The van der Waals surface area contributed by atoms with Gasteiger partial charge in [-0.25, -0.2) is 0 Å². The summed E-state index contributed by atoms with van der Waals surface area (Å²) in [5, 5.41) is 1.98. The first-order chi connectivity index (χ1) is 7.84. The quantitative estimate of drug-likeness (QED) is 0.325. The van der Waals surface area contributed by atoms with Gasteiger partial charge in [-0.3, -0.25) is 0 Å². The van der Waals surface area contributed by atoms with Crippen molar-refractivity contribution in [2.24, 2.45) is 0 Å². The molecule has 0 heterocycles. The molecule has 1 atom stereocenters. The third kappa shape index (κ3) is 5.70. The smallest absolute Gasteiger partial charge is 0.152 e. The van der Waals surface area contributed by atoms with Crippen LogP contribution in [0, 0.1) is 0 Å². The lowest BCUT2D eigenvalue weighted by atomic mass is 10.4. The molecule has 1 rings (SSSR count). The van der Waals surface area contributed by atoms with Crippen molar-refractivity contribution in [2.45, 2.75) is 4.90 Å². The second-order valence-corrected chi connectivity index (χ2v) is 6.68. The van der Waals surface area contributed by atoms with Crippen LogP contribution < -0.4 is 0 Å². The van der Waals surface area contributed by atoms with Crippen LogP contribution in [-0.4, -0.2) is 16.1 Å². The first kappa shape index (κ1) is 13.8. The van der Waals surface area contributed by atoms with E-state index in [1.807, 2.05) is 47.9 Å². The Bertz CT molecular complexity index is 324. The lowest BCUT2D eigenvalue weighted by Crippen LogP contribution is -2.03. The average molecular weight is 270 g/mol. The van der Waals surface area contributed by atoms with Crippen LogP contribution in [-0.2, 0) is 11.2 Å². The molecule has 4 heteroatoms. The Morgan fingerprint density at radius 1 is 1.31 bits per heavy atom. The van der Waals surface area contributed by atoms with E-state index in [4.69, 9.17) is 0 Å². The number of rotatable bonds is 7. The van der Waals surface area contributed by atoms with Gasteiger partial charge in [-0.05, 0) is 34.8 Å². The van der Waals surface area contributed by atoms with E-state index < -0.39 is 11.2 Å². The molecule has 86 valence electrons. The molecule has 0 saturated carbocycles. The minimum Gasteiger partial charge on any atom is -0.611 e. The van der Waals surface area contributed by atoms with Gasteiger partial charge < -0.3 is 4.55 Å². The number of hydrogen-bond acceptors (Lipinski definition) is 3. The van der Waals surface area contributed by atoms with Crippen molar-refractivity contribution in [1.29, 1.82) is 0 Å². The SMILES string of the molecule is C=CCSSC=CC[S+]([O-])c1ccccc1. The molecule has 16 heavy (non-hydrogen) atoms. The highest BCUT2D eigenvalue weighted by atomic mass is 33.1. The highest BCUT2D eigenvalue weighted by molar-refractivity contribution is 8.77. The monoisotopic (exact) mass is 270 g/mol. The molecule has 0 spiro atoms. The maximum atomic E-state index is 11.8. The average Bonchev–Trinajstić information content (AvgIpc) is 2.34. The Hall–Kier alpha value is -0.290. The summed E-state index contributed by atoms with van der Waals surface area (Å²) >= 11 is -0.920. The Kier molecular flexibility index (Phi) is 7.59. The summed E-state index contributed by atoms with van der Waals surface area (Å²) in [6.07, 6.45) is 3.82.